The normalized spacial score (nSPS) is 10.5. The highest BCUT2D eigenvalue weighted by Crippen LogP contribution is 2.23. The molecule has 0 bridgehead atoms. The summed E-state index contributed by atoms with van der Waals surface area (Å²) in [6, 6.07) is 6.78. The fourth-order valence-electron chi connectivity index (χ4n) is 1.80. The van der Waals surface area contributed by atoms with Gasteiger partial charge < -0.3 is 15.2 Å². The van der Waals surface area contributed by atoms with Crippen LogP contribution in [0.4, 0.5) is 31.9 Å². The van der Waals surface area contributed by atoms with E-state index in [1.54, 1.807) is 13.0 Å². The lowest BCUT2D eigenvalue weighted by molar-refractivity contribution is 0.400. The molecule has 2 heterocycles. The summed E-state index contributed by atoms with van der Waals surface area (Å²) in [5, 5.41) is 9.25. The topological polar surface area (TPSA) is 75.9 Å². The van der Waals surface area contributed by atoms with Gasteiger partial charge in [0.25, 0.3) is 0 Å². The second-order valence-electron chi connectivity index (χ2n) is 4.46. The number of hydrogen-bond acceptors (Lipinski definition) is 6. The van der Waals surface area contributed by atoms with Crippen molar-refractivity contribution < 1.29 is 13.3 Å². The third-order valence-electron chi connectivity index (χ3n) is 2.77. The van der Waals surface area contributed by atoms with Crippen molar-refractivity contribution in [3.63, 3.8) is 0 Å². The van der Waals surface area contributed by atoms with Gasteiger partial charge in [0.15, 0.2) is 5.82 Å². The van der Waals surface area contributed by atoms with E-state index in [-0.39, 0.29) is 11.5 Å². The van der Waals surface area contributed by atoms with Gasteiger partial charge in [-0.05, 0) is 19.1 Å². The maximum Gasteiger partial charge on any atom is 0.175 e. The van der Waals surface area contributed by atoms with Gasteiger partial charge in [0.1, 0.15) is 41.0 Å². The highest BCUT2D eigenvalue weighted by molar-refractivity contribution is 5.62. The molecule has 0 aliphatic rings. The second-order valence-corrected chi connectivity index (χ2v) is 4.46. The van der Waals surface area contributed by atoms with Crippen LogP contribution in [0, 0.1) is 18.6 Å². The fraction of sp³-hybridized carbons (Fsp3) is 0.0714. The van der Waals surface area contributed by atoms with Crippen LogP contribution >= 0.6 is 0 Å². The molecule has 0 spiro atoms. The van der Waals surface area contributed by atoms with Crippen LogP contribution in [0.1, 0.15) is 5.76 Å². The molecular formula is C14H11F2N5O. The third kappa shape index (κ3) is 3.00. The van der Waals surface area contributed by atoms with Gasteiger partial charge in [-0.1, -0.05) is 11.2 Å². The zero-order chi connectivity index (χ0) is 15.5. The summed E-state index contributed by atoms with van der Waals surface area (Å²) in [5.74, 6) is 0.340. The minimum absolute atomic E-state index is 0.238. The molecule has 0 saturated carbocycles. The van der Waals surface area contributed by atoms with Gasteiger partial charge in [-0.2, -0.15) is 0 Å². The van der Waals surface area contributed by atoms with E-state index < -0.39 is 11.6 Å². The number of nitrogens with zero attached hydrogens (tertiary/aromatic N) is 3. The molecule has 8 heteroatoms. The van der Waals surface area contributed by atoms with Crippen LogP contribution in [0.3, 0.4) is 0 Å². The smallest absolute Gasteiger partial charge is 0.175 e. The van der Waals surface area contributed by atoms with Crippen molar-refractivity contribution in [2.24, 2.45) is 0 Å². The second kappa shape index (κ2) is 5.76. The predicted molar refractivity (Wildman–Crippen MR) is 76.2 cm³/mol. The SMILES string of the molecule is Cc1cc(Nc2cc(Nc3c(F)cccc3F)ncn2)no1. The molecule has 112 valence electrons. The van der Waals surface area contributed by atoms with Crippen LogP contribution in [0.2, 0.25) is 0 Å². The van der Waals surface area contributed by atoms with Crippen molar-refractivity contribution in [3.8, 4) is 0 Å². The van der Waals surface area contributed by atoms with E-state index in [1.807, 2.05) is 0 Å². The molecule has 0 unspecified atom stereocenters. The van der Waals surface area contributed by atoms with E-state index in [0.29, 0.717) is 17.4 Å². The van der Waals surface area contributed by atoms with Crippen molar-refractivity contribution in [1.29, 1.82) is 0 Å². The van der Waals surface area contributed by atoms with Crippen molar-refractivity contribution in [3.05, 3.63) is 54.1 Å². The monoisotopic (exact) mass is 303 g/mol. The van der Waals surface area contributed by atoms with Crippen LogP contribution in [-0.4, -0.2) is 15.1 Å². The summed E-state index contributed by atoms with van der Waals surface area (Å²) in [4.78, 5) is 7.92. The fourth-order valence-corrected chi connectivity index (χ4v) is 1.80. The lowest BCUT2D eigenvalue weighted by Gasteiger charge is -2.08. The standard InChI is InChI=1S/C14H11F2N5O/c1-8-5-13(21-22-8)19-11-6-12(18-7-17-11)20-14-9(15)3-2-4-10(14)16/h2-7H,1H3,(H2,17,18,19,20,21). The Balaban J connectivity index is 1.82. The summed E-state index contributed by atoms with van der Waals surface area (Å²) >= 11 is 0. The Kier molecular flexibility index (Phi) is 3.65. The average Bonchev–Trinajstić information content (AvgIpc) is 2.89. The molecule has 6 nitrogen and oxygen atoms in total. The predicted octanol–water partition coefficient (Wildman–Crippen LogP) is 3.54. The summed E-state index contributed by atoms with van der Waals surface area (Å²) in [7, 11) is 0. The minimum Gasteiger partial charge on any atom is -0.360 e. The zero-order valence-electron chi connectivity index (χ0n) is 11.5. The number of para-hydroxylation sites is 1. The highest BCUT2D eigenvalue weighted by Gasteiger charge is 2.10. The number of aromatic nitrogens is 3. The summed E-state index contributed by atoms with van der Waals surface area (Å²) in [6.07, 6.45) is 1.26. The Bertz CT molecular complexity index is 785. The van der Waals surface area contributed by atoms with Crippen LogP contribution in [0.25, 0.3) is 0 Å². The number of benzene rings is 1. The Morgan fingerprint density at radius 1 is 0.955 bits per heavy atom. The van der Waals surface area contributed by atoms with Gasteiger partial charge in [0, 0.05) is 12.1 Å². The van der Waals surface area contributed by atoms with Crippen LogP contribution < -0.4 is 10.6 Å². The van der Waals surface area contributed by atoms with Gasteiger partial charge in [-0.15, -0.1) is 0 Å². The van der Waals surface area contributed by atoms with Gasteiger partial charge in [0.05, 0.1) is 0 Å². The molecular weight excluding hydrogens is 292 g/mol. The van der Waals surface area contributed by atoms with Gasteiger partial charge in [0.2, 0.25) is 0 Å². The maximum atomic E-state index is 13.6. The van der Waals surface area contributed by atoms with E-state index in [2.05, 4.69) is 25.8 Å². The maximum absolute atomic E-state index is 13.6. The van der Waals surface area contributed by atoms with Crippen LogP contribution in [0.5, 0.6) is 0 Å². The number of nitrogens with one attached hydrogen (secondary N) is 2. The van der Waals surface area contributed by atoms with Crippen molar-refractivity contribution in [1.82, 2.24) is 15.1 Å². The first-order valence-corrected chi connectivity index (χ1v) is 6.35. The highest BCUT2D eigenvalue weighted by atomic mass is 19.1. The Morgan fingerprint density at radius 3 is 2.27 bits per heavy atom. The van der Waals surface area contributed by atoms with Crippen LogP contribution in [0.15, 0.2) is 41.2 Å². The number of halogens is 2. The molecule has 3 rings (SSSR count). The van der Waals surface area contributed by atoms with E-state index in [0.717, 1.165) is 12.1 Å². The van der Waals surface area contributed by atoms with E-state index in [1.165, 1.54) is 18.5 Å². The van der Waals surface area contributed by atoms with Crippen molar-refractivity contribution >= 4 is 23.1 Å². The molecule has 2 aromatic heterocycles. The van der Waals surface area contributed by atoms with E-state index >= 15 is 0 Å². The molecule has 0 atom stereocenters. The molecule has 22 heavy (non-hydrogen) atoms. The minimum atomic E-state index is -0.708. The van der Waals surface area contributed by atoms with Crippen molar-refractivity contribution in [2.75, 3.05) is 10.6 Å². The molecule has 0 aliphatic carbocycles. The number of hydrogen-bond donors (Lipinski definition) is 2. The Hall–Kier alpha value is -3.03. The molecule has 0 aliphatic heterocycles. The Morgan fingerprint density at radius 2 is 1.64 bits per heavy atom. The summed E-state index contributed by atoms with van der Waals surface area (Å²) < 4.78 is 32.1. The number of aryl methyl sites for hydroxylation is 1. The molecule has 0 saturated heterocycles. The first-order chi connectivity index (χ1) is 10.6. The van der Waals surface area contributed by atoms with Gasteiger partial charge >= 0.3 is 0 Å². The largest absolute Gasteiger partial charge is 0.360 e. The first-order valence-electron chi connectivity index (χ1n) is 6.35. The zero-order valence-corrected chi connectivity index (χ0v) is 11.5. The Labute approximate surface area is 124 Å². The molecule has 0 radical (unpaired) electrons. The molecule has 3 aromatic rings. The summed E-state index contributed by atoms with van der Waals surface area (Å²) in [5.41, 5.74) is -0.274. The number of rotatable bonds is 4. The van der Waals surface area contributed by atoms with E-state index in [4.69, 9.17) is 4.52 Å². The van der Waals surface area contributed by atoms with Gasteiger partial charge in [-0.25, -0.2) is 18.7 Å². The molecule has 0 amide bonds. The van der Waals surface area contributed by atoms with Crippen LogP contribution in [-0.2, 0) is 0 Å². The number of anilines is 4. The first kappa shape index (κ1) is 13.9. The average molecular weight is 303 g/mol. The molecule has 2 N–H and O–H groups in total. The van der Waals surface area contributed by atoms with Gasteiger partial charge in [-0.3, -0.25) is 0 Å². The quantitative estimate of drug-likeness (QED) is 0.768. The third-order valence-corrected chi connectivity index (χ3v) is 2.77. The lowest BCUT2D eigenvalue weighted by Crippen LogP contribution is -2.01. The van der Waals surface area contributed by atoms with E-state index in [9.17, 15) is 8.78 Å². The molecule has 0 fully saturated rings. The van der Waals surface area contributed by atoms with Crippen molar-refractivity contribution in [2.45, 2.75) is 6.92 Å². The molecule has 1 aromatic carbocycles. The lowest BCUT2D eigenvalue weighted by atomic mass is 10.3. The summed E-state index contributed by atoms with van der Waals surface area (Å²) in [6.45, 7) is 1.76.